The molecule has 1 aliphatic heterocycles. The number of amides is 2. The van der Waals surface area contributed by atoms with Crippen LogP contribution >= 0.6 is 23.2 Å². The number of likely N-dealkylation sites (tertiary alicyclic amines) is 1. The standard InChI is InChI=1S/C24H29Cl2N3O2/c1-16(2)13-27-24(31)19-7-3-4-8-22(19)28-23(30)18-6-5-11-29(15-18)14-17-9-10-20(25)21(26)12-17/h3-4,7-10,12,16,18H,5-6,11,13-15H2,1-2H3,(H,27,31)(H,28,30). The summed E-state index contributed by atoms with van der Waals surface area (Å²) in [7, 11) is 0. The summed E-state index contributed by atoms with van der Waals surface area (Å²) in [6.45, 7) is 6.98. The minimum atomic E-state index is -0.172. The first-order valence-corrected chi connectivity index (χ1v) is 11.4. The molecular weight excluding hydrogens is 433 g/mol. The predicted octanol–water partition coefficient (Wildman–Crippen LogP) is 5.23. The summed E-state index contributed by atoms with van der Waals surface area (Å²) in [5.41, 5.74) is 2.11. The average Bonchev–Trinajstić information content (AvgIpc) is 2.75. The first kappa shape index (κ1) is 23.6. The van der Waals surface area contributed by atoms with E-state index in [1.54, 1.807) is 24.3 Å². The molecule has 2 aromatic carbocycles. The third kappa shape index (κ3) is 6.70. The summed E-state index contributed by atoms with van der Waals surface area (Å²) in [6.07, 6.45) is 1.77. The maximum Gasteiger partial charge on any atom is 0.253 e. The maximum absolute atomic E-state index is 13.0. The molecule has 1 heterocycles. The van der Waals surface area contributed by atoms with Gasteiger partial charge in [0.25, 0.3) is 5.91 Å². The van der Waals surface area contributed by atoms with Crippen molar-refractivity contribution in [3.05, 3.63) is 63.6 Å². The zero-order valence-electron chi connectivity index (χ0n) is 18.0. The molecule has 2 amide bonds. The molecule has 5 nitrogen and oxygen atoms in total. The fourth-order valence-corrected chi connectivity index (χ4v) is 4.05. The fourth-order valence-electron chi connectivity index (χ4n) is 3.73. The van der Waals surface area contributed by atoms with Gasteiger partial charge in [0.05, 0.1) is 27.2 Å². The van der Waals surface area contributed by atoms with Crippen LogP contribution in [0.1, 0.15) is 42.6 Å². The number of para-hydroxylation sites is 1. The first-order valence-electron chi connectivity index (χ1n) is 10.7. The van der Waals surface area contributed by atoms with Crippen molar-refractivity contribution in [3.63, 3.8) is 0 Å². The predicted molar refractivity (Wildman–Crippen MR) is 127 cm³/mol. The van der Waals surface area contributed by atoms with Crippen LogP contribution in [-0.4, -0.2) is 36.3 Å². The van der Waals surface area contributed by atoms with E-state index in [0.29, 0.717) is 40.3 Å². The molecule has 2 aromatic rings. The molecule has 3 rings (SSSR count). The number of hydrogen-bond acceptors (Lipinski definition) is 3. The molecule has 0 aromatic heterocycles. The van der Waals surface area contributed by atoms with Gasteiger partial charge in [-0.3, -0.25) is 14.5 Å². The number of nitrogens with zero attached hydrogens (tertiary/aromatic N) is 1. The second-order valence-corrected chi connectivity index (χ2v) is 9.28. The lowest BCUT2D eigenvalue weighted by atomic mass is 9.96. The summed E-state index contributed by atoms with van der Waals surface area (Å²) in [5.74, 6) is -0.00446. The summed E-state index contributed by atoms with van der Waals surface area (Å²) < 4.78 is 0. The first-order chi connectivity index (χ1) is 14.8. The molecular formula is C24H29Cl2N3O2. The Labute approximate surface area is 194 Å². The van der Waals surface area contributed by atoms with E-state index in [1.165, 1.54) is 0 Å². The molecule has 31 heavy (non-hydrogen) atoms. The van der Waals surface area contributed by atoms with Crippen LogP contribution in [0.3, 0.4) is 0 Å². The molecule has 166 valence electrons. The molecule has 1 aliphatic rings. The second-order valence-electron chi connectivity index (χ2n) is 8.46. The number of piperidine rings is 1. The van der Waals surface area contributed by atoms with Crippen molar-refractivity contribution in [1.82, 2.24) is 10.2 Å². The second kappa shape index (κ2) is 11.0. The van der Waals surface area contributed by atoms with Crippen molar-refractivity contribution >= 4 is 40.7 Å². The normalized spacial score (nSPS) is 16.9. The number of carbonyl (C=O) groups is 2. The Bertz CT molecular complexity index is 933. The smallest absolute Gasteiger partial charge is 0.253 e. The van der Waals surface area contributed by atoms with E-state index in [2.05, 4.69) is 15.5 Å². The Balaban J connectivity index is 1.62. The molecule has 1 saturated heterocycles. The van der Waals surface area contributed by atoms with Gasteiger partial charge in [-0.05, 0) is 55.1 Å². The topological polar surface area (TPSA) is 61.4 Å². The van der Waals surface area contributed by atoms with Crippen molar-refractivity contribution in [2.24, 2.45) is 11.8 Å². The van der Waals surface area contributed by atoms with E-state index in [0.717, 1.165) is 31.5 Å². The van der Waals surface area contributed by atoms with Gasteiger partial charge in [0.15, 0.2) is 0 Å². The Hall–Kier alpha value is -2.08. The maximum atomic E-state index is 13.0. The Morgan fingerprint density at radius 1 is 1.13 bits per heavy atom. The lowest BCUT2D eigenvalue weighted by Crippen LogP contribution is -2.40. The lowest BCUT2D eigenvalue weighted by Gasteiger charge is -2.32. The van der Waals surface area contributed by atoms with Crippen molar-refractivity contribution < 1.29 is 9.59 Å². The van der Waals surface area contributed by atoms with E-state index in [1.807, 2.05) is 32.0 Å². The van der Waals surface area contributed by atoms with Gasteiger partial charge in [0.2, 0.25) is 5.91 Å². The minimum Gasteiger partial charge on any atom is -0.352 e. The quantitative estimate of drug-likeness (QED) is 0.593. The summed E-state index contributed by atoms with van der Waals surface area (Å²) >= 11 is 12.1. The fraction of sp³-hybridized carbons (Fsp3) is 0.417. The van der Waals surface area contributed by atoms with Crippen LogP contribution in [0.2, 0.25) is 10.0 Å². The zero-order chi connectivity index (χ0) is 22.4. The van der Waals surface area contributed by atoms with Gasteiger partial charge in [-0.25, -0.2) is 0 Å². The molecule has 1 atom stereocenters. The Morgan fingerprint density at radius 3 is 2.65 bits per heavy atom. The molecule has 2 N–H and O–H groups in total. The van der Waals surface area contributed by atoms with Crippen LogP contribution in [0.15, 0.2) is 42.5 Å². The SMILES string of the molecule is CC(C)CNC(=O)c1ccccc1NC(=O)C1CCCN(Cc2ccc(Cl)c(Cl)c2)C1. The average molecular weight is 462 g/mol. The van der Waals surface area contributed by atoms with E-state index < -0.39 is 0 Å². The number of carbonyl (C=O) groups excluding carboxylic acids is 2. The van der Waals surface area contributed by atoms with Gasteiger partial charge >= 0.3 is 0 Å². The van der Waals surface area contributed by atoms with Gasteiger partial charge in [-0.1, -0.05) is 55.2 Å². The highest BCUT2D eigenvalue weighted by atomic mass is 35.5. The summed E-state index contributed by atoms with van der Waals surface area (Å²) in [5, 5.41) is 6.98. The van der Waals surface area contributed by atoms with Crippen LogP contribution in [0.4, 0.5) is 5.69 Å². The monoisotopic (exact) mass is 461 g/mol. The zero-order valence-corrected chi connectivity index (χ0v) is 19.5. The van der Waals surface area contributed by atoms with Gasteiger partial charge in [-0.15, -0.1) is 0 Å². The number of anilines is 1. The highest BCUT2D eigenvalue weighted by molar-refractivity contribution is 6.42. The van der Waals surface area contributed by atoms with Crippen molar-refractivity contribution in [1.29, 1.82) is 0 Å². The van der Waals surface area contributed by atoms with Crippen LogP contribution in [0, 0.1) is 11.8 Å². The van der Waals surface area contributed by atoms with Crippen molar-refractivity contribution in [2.75, 3.05) is 25.0 Å². The van der Waals surface area contributed by atoms with Crippen LogP contribution < -0.4 is 10.6 Å². The number of rotatable bonds is 7. The van der Waals surface area contributed by atoms with Gasteiger partial charge in [-0.2, -0.15) is 0 Å². The third-order valence-electron chi connectivity index (χ3n) is 5.37. The molecule has 7 heteroatoms. The highest BCUT2D eigenvalue weighted by Gasteiger charge is 2.27. The molecule has 0 spiro atoms. The van der Waals surface area contributed by atoms with Crippen molar-refractivity contribution in [2.45, 2.75) is 33.2 Å². The number of hydrogen-bond donors (Lipinski definition) is 2. The molecule has 0 saturated carbocycles. The summed E-state index contributed by atoms with van der Waals surface area (Å²) in [6, 6.07) is 12.8. The largest absolute Gasteiger partial charge is 0.352 e. The number of nitrogens with one attached hydrogen (secondary N) is 2. The van der Waals surface area contributed by atoms with E-state index in [9.17, 15) is 9.59 Å². The van der Waals surface area contributed by atoms with Gasteiger partial charge < -0.3 is 10.6 Å². The number of halogens is 2. The number of benzene rings is 2. The van der Waals surface area contributed by atoms with E-state index in [-0.39, 0.29) is 17.7 Å². The van der Waals surface area contributed by atoms with Crippen LogP contribution in [0.25, 0.3) is 0 Å². The third-order valence-corrected chi connectivity index (χ3v) is 6.11. The van der Waals surface area contributed by atoms with E-state index >= 15 is 0 Å². The summed E-state index contributed by atoms with van der Waals surface area (Å²) in [4.78, 5) is 27.8. The minimum absolute atomic E-state index is 0.0528. The lowest BCUT2D eigenvalue weighted by molar-refractivity contribution is -0.121. The van der Waals surface area contributed by atoms with Gasteiger partial charge in [0, 0.05) is 19.6 Å². The van der Waals surface area contributed by atoms with Gasteiger partial charge in [0.1, 0.15) is 0 Å². The molecule has 0 bridgehead atoms. The van der Waals surface area contributed by atoms with Crippen LogP contribution in [0.5, 0.6) is 0 Å². The van der Waals surface area contributed by atoms with Crippen molar-refractivity contribution in [3.8, 4) is 0 Å². The molecule has 0 radical (unpaired) electrons. The molecule has 0 aliphatic carbocycles. The molecule has 1 unspecified atom stereocenters. The Morgan fingerprint density at radius 2 is 1.90 bits per heavy atom. The Kier molecular flexibility index (Phi) is 8.35. The van der Waals surface area contributed by atoms with Crippen LogP contribution in [-0.2, 0) is 11.3 Å². The highest BCUT2D eigenvalue weighted by Crippen LogP contribution is 2.25. The van der Waals surface area contributed by atoms with E-state index in [4.69, 9.17) is 23.2 Å². The molecule has 1 fully saturated rings.